The molecule has 0 aliphatic heterocycles. The molecule has 0 saturated carbocycles. The van der Waals surface area contributed by atoms with Crippen molar-refractivity contribution in [1.82, 2.24) is 0 Å². The lowest BCUT2D eigenvalue weighted by Crippen LogP contribution is -2.26. The average molecular weight is 242 g/mol. The van der Waals surface area contributed by atoms with Crippen LogP contribution in [0.5, 0.6) is 0 Å². The van der Waals surface area contributed by atoms with Crippen molar-refractivity contribution < 1.29 is 0 Å². The number of benzene rings is 2. The molecule has 0 atom stereocenters. The largest absolute Gasteiger partial charge is 0.385 e. The summed E-state index contributed by atoms with van der Waals surface area (Å²) < 4.78 is 0. The topological polar surface area (TPSA) is 24.1 Å². The second-order valence-electron chi connectivity index (χ2n) is 5.61. The quantitative estimate of drug-likeness (QED) is 0.829. The highest BCUT2D eigenvalue weighted by Gasteiger charge is 2.11. The molecular weight excluding hydrogens is 220 g/mol. The van der Waals surface area contributed by atoms with Gasteiger partial charge >= 0.3 is 0 Å². The second kappa shape index (κ2) is 4.89. The molecule has 2 aromatic rings. The molecule has 2 rings (SSSR count). The van der Waals surface area contributed by atoms with E-state index in [-0.39, 0.29) is 5.54 Å². The molecule has 0 radical (unpaired) electrons. The molecule has 0 aromatic heterocycles. The Morgan fingerprint density at radius 3 is 2.00 bits per heavy atom. The SMILES string of the molecule is CCNc1cccc2c(NC(C)(C)C)cccc12. The van der Waals surface area contributed by atoms with Gasteiger partial charge in [-0.05, 0) is 39.8 Å². The van der Waals surface area contributed by atoms with Gasteiger partial charge in [0.15, 0.2) is 0 Å². The number of rotatable bonds is 3. The van der Waals surface area contributed by atoms with E-state index in [9.17, 15) is 0 Å². The Morgan fingerprint density at radius 2 is 1.44 bits per heavy atom. The Morgan fingerprint density at radius 1 is 0.889 bits per heavy atom. The molecule has 96 valence electrons. The summed E-state index contributed by atoms with van der Waals surface area (Å²) in [7, 11) is 0. The predicted octanol–water partition coefficient (Wildman–Crippen LogP) is 4.48. The van der Waals surface area contributed by atoms with Gasteiger partial charge in [-0.15, -0.1) is 0 Å². The monoisotopic (exact) mass is 242 g/mol. The van der Waals surface area contributed by atoms with Crippen molar-refractivity contribution >= 4 is 22.1 Å². The minimum Gasteiger partial charge on any atom is -0.385 e. The minimum absolute atomic E-state index is 0.0719. The van der Waals surface area contributed by atoms with E-state index in [1.165, 1.54) is 22.1 Å². The van der Waals surface area contributed by atoms with E-state index in [1.54, 1.807) is 0 Å². The van der Waals surface area contributed by atoms with E-state index in [1.807, 2.05) is 0 Å². The standard InChI is InChI=1S/C16H22N2/c1-5-17-14-10-6-9-13-12(14)8-7-11-15(13)18-16(2,3)4/h6-11,17-18H,5H2,1-4H3. The van der Waals surface area contributed by atoms with Crippen LogP contribution < -0.4 is 10.6 Å². The normalized spacial score (nSPS) is 11.6. The van der Waals surface area contributed by atoms with Gasteiger partial charge in [0.05, 0.1) is 0 Å². The Hall–Kier alpha value is -1.70. The van der Waals surface area contributed by atoms with Gasteiger partial charge in [0.1, 0.15) is 0 Å². The van der Waals surface area contributed by atoms with Crippen LogP contribution in [0.1, 0.15) is 27.7 Å². The van der Waals surface area contributed by atoms with Gasteiger partial charge in [-0.3, -0.25) is 0 Å². The first-order chi connectivity index (χ1) is 8.51. The van der Waals surface area contributed by atoms with E-state index < -0.39 is 0 Å². The molecule has 0 unspecified atom stereocenters. The fraction of sp³-hybridized carbons (Fsp3) is 0.375. The molecule has 0 fully saturated rings. The van der Waals surface area contributed by atoms with Gasteiger partial charge in [-0.2, -0.15) is 0 Å². The van der Waals surface area contributed by atoms with Crippen LogP contribution >= 0.6 is 0 Å². The highest BCUT2D eigenvalue weighted by molar-refractivity contribution is 6.01. The third-order valence-corrected chi connectivity index (χ3v) is 2.80. The molecule has 2 aromatic carbocycles. The summed E-state index contributed by atoms with van der Waals surface area (Å²) in [5, 5.41) is 9.52. The van der Waals surface area contributed by atoms with Gasteiger partial charge in [0.25, 0.3) is 0 Å². The van der Waals surface area contributed by atoms with Crippen LogP contribution in [0.4, 0.5) is 11.4 Å². The van der Waals surface area contributed by atoms with Crippen LogP contribution in [-0.2, 0) is 0 Å². The molecule has 0 aliphatic carbocycles. The van der Waals surface area contributed by atoms with Crippen LogP contribution in [0.25, 0.3) is 10.8 Å². The zero-order valence-electron chi connectivity index (χ0n) is 11.7. The van der Waals surface area contributed by atoms with E-state index in [2.05, 4.69) is 74.7 Å². The van der Waals surface area contributed by atoms with E-state index in [0.717, 1.165) is 6.54 Å². The Bertz CT molecular complexity index is 538. The van der Waals surface area contributed by atoms with Gasteiger partial charge in [0, 0.05) is 34.2 Å². The van der Waals surface area contributed by atoms with Crippen molar-refractivity contribution in [1.29, 1.82) is 0 Å². The van der Waals surface area contributed by atoms with Crippen LogP contribution in [0, 0.1) is 0 Å². The molecule has 18 heavy (non-hydrogen) atoms. The number of fused-ring (bicyclic) bond motifs is 1. The van der Waals surface area contributed by atoms with Crippen molar-refractivity contribution in [2.45, 2.75) is 33.2 Å². The molecule has 0 amide bonds. The summed E-state index contributed by atoms with van der Waals surface area (Å²) in [5.41, 5.74) is 2.47. The molecule has 0 bridgehead atoms. The first kappa shape index (κ1) is 12.7. The maximum Gasteiger partial charge on any atom is 0.0424 e. The summed E-state index contributed by atoms with van der Waals surface area (Å²) in [6.45, 7) is 9.60. The highest BCUT2D eigenvalue weighted by atomic mass is 15.0. The van der Waals surface area contributed by atoms with E-state index >= 15 is 0 Å². The van der Waals surface area contributed by atoms with E-state index in [4.69, 9.17) is 0 Å². The van der Waals surface area contributed by atoms with Crippen molar-refractivity contribution in [2.24, 2.45) is 0 Å². The zero-order valence-corrected chi connectivity index (χ0v) is 11.7. The molecule has 2 N–H and O–H groups in total. The third-order valence-electron chi connectivity index (χ3n) is 2.80. The number of anilines is 2. The average Bonchev–Trinajstić information content (AvgIpc) is 2.29. The zero-order chi connectivity index (χ0) is 13.2. The van der Waals surface area contributed by atoms with Crippen LogP contribution in [-0.4, -0.2) is 12.1 Å². The molecule has 0 aliphatic rings. The predicted molar refractivity (Wildman–Crippen MR) is 81.5 cm³/mol. The van der Waals surface area contributed by atoms with Crippen molar-refractivity contribution in [3.05, 3.63) is 36.4 Å². The summed E-state index contributed by atoms with van der Waals surface area (Å²) >= 11 is 0. The van der Waals surface area contributed by atoms with Crippen LogP contribution in [0.3, 0.4) is 0 Å². The summed E-state index contributed by atoms with van der Waals surface area (Å²) in [6.07, 6.45) is 0. The maximum atomic E-state index is 3.57. The van der Waals surface area contributed by atoms with Gasteiger partial charge < -0.3 is 10.6 Å². The van der Waals surface area contributed by atoms with Gasteiger partial charge in [-0.1, -0.05) is 24.3 Å². The van der Waals surface area contributed by atoms with Crippen molar-refractivity contribution in [2.75, 3.05) is 17.2 Å². The minimum atomic E-state index is 0.0719. The molecule has 0 spiro atoms. The fourth-order valence-corrected chi connectivity index (χ4v) is 2.17. The summed E-state index contributed by atoms with van der Waals surface area (Å²) in [5.74, 6) is 0. The number of hydrogen-bond acceptors (Lipinski definition) is 2. The molecule has 2 heteroatoms. The van der Waals surface area contributed by atoms with Crippen molar-refractivity contribution in [3.8, 4) is 0 Å². The number of nitrogens with one attached hydrogen (secondary N) is 2. The highest BCUT2D eigenvalue weighted by Crippen LogP contribution is 2.30. The summed E-state index contributed by atoms with van der Waals surface area (Å²) in [6, 6.07) is 12.8. The third kappa shape index (κ3) is 2.76. The van der Waals surface area contributed by atoms with Crippen LogP contribution in [0.15, 0.2) is 36.4 Å². The second-order valence-corrected chi connectivity index (χ2v) is 5.61. The van der Waals surface area contributed by atoms with Gasteiger partial charge in [0.2, 0.25) is 0 Å². The number of hydrogen-bond donors (Lipinski definition) is 2. The fourth-order valence-electron chi connectivity index (χ4n) is 2.17. The maximum absolute atomic E-state index is 3.57. The Kier molecular flexibility index (Phi) is 3.46. The lowest BCUT2D eigenvalue weighted by Gasteiger charge is -2.23. The van der Waals surface area contributed by atoms with E-state index in [0.29, 0.717) is 0 Å². The lowest BCUT2D eigenvalue weighted by molar-refractivity contribution is 0.635. The molecule has 0 heterocycles. The molecule has 0 saturated heterocycles. The van der Waals surface area contributed by atoms with Crippen LogP contribution in [0.2, 0.25) is 0 Å². The first-order valence-electron chi connectivity index (χ1n) is 6.55. The molecule has 2 nitrogen and oxygen atoms in total. The summed E-state index contributed by atoms with van der Waals surface area (Å²) in [4.78, 5) is 0. The Balaban J connectivity index is 2.53. The molecular formula is C16H22N2. The first-order valence-corrected chi connectivity index (χ1v) is 6.55. The van der Waals surface area contributed by atoms with Crippen molar-refractivity contribution in [3.63, 3.8) is 0 Å². The Labute approximate surface area is 109 Å². The lowest BCUT2D eigenvalue weighted by atomic mass is 10.0. The smallest absolute Gasteiger partial charge is 0.0424 e. The van der Waals surface area contributed by atoms with Gasteiger partial charge in [-0.25, -0.2) is 0 Å².